The fourth-order valence-corrected chi connectivity index (χ4v) is 3.67. The Labute approximate surface area is 172 Å². The third-order valence-electron chi connectivity index (χ3n) is 5.55. The highest BCUT2D eigenvalue weighted by Crippen LogP contribution is 2.24. The third-order valence-corrected chi connectivity index (χ3v) is 5.55. The van der Waals surface area contributed by atoms with Gasteiger partial charge in [0.25, 0.3) is 0 Å². The van der Waals surface area contributed by atoms with Crippen LogP contribution in [0.5, 0.6) is 5.75 Å². The molecule has 2 aromatic carbocycles. The number of nitrogens with one attached hydrogen (secondary N) is 1. The van der Waals surface area contributed by atoms with Gasteiger partial charge >= 0.3 is 11.8 Å². The predicted molar refractivity (Wildman–Crippen MR) is 114 cm³/mol. The van der Waals surface area contributed by atoms with Crippen molar-refractivity contribution >= 4 is 17.5 Å². The molecule has 1 heterocycles. The minimum atomic E-state index is -0.542. The van der Waals surface area contributed by atoms with E-state index in [2.05, 4.69) is 42.3 Å². The lowest BCUT2D eigenvalue weighted by Crippen LogP contribution is -2.53. The Bertz CT molecular complexity index is 873. The molecular weight excluding hydrogens is 366 g/mol. The van der Waals surface area contributed by atoms with Gasteiger partial charge in [-0.05, 0) is 49.1 Å². The monoisotopic (exact) mass is 395 g/mol. The molecular formula is C23H29N3O3. The van der Waals surface area contributed by atoms with E-state index in [-0.39, 0.29) is 0 Å². The van der Waals surface area contributed by atoms with Crippen molar-refractivity contribution in [2.24, 2.45) is 0 Å². The molecule has 3 rings (SSSR count). The van der Waals surface area contributed by atoms with Crippen LogP contribution in [-0.4, -0.2) is 56.5 Å². The molecule has 2 aromatic rings. The number of methoxy groups -OCH3 is 1. The average Bonchev–Trinajstić information content (AvgIpc) is 2.75. The first kappa shape index (κ1) is 20.7. The van der Waals surface area contributed by atoms with E-state index in [1.165, 1.54) is 16.8 Å². The lowest BCUT2D eigenvalue weighted by atomic mass is 10.1. The van der Waals surface area contributed by atoms with E-state index in [0.717, 1.165) is 24.4 Å². The van der Waals surface area contributed by atoms with E-state index in [4.69, 9.17) is 4.74 Å². The van der Waals surface area contributed by atoms with Crippen LogP contribution in [0.3, 0.4) is 0 Å². The molecule has 0 spiro atoms. The molecule has 0 bridgehead atoms. The molecule has 0 aliphatic carbocycles. The van der Waals surface area contributed by atoms with Gasteiger partial charge in [-0.2, -0.15) is 0 Å². The van der Waals surface area contributed by atoms with Crippen molar-refractivity contribution in [2.75, 3.05) is 44.7 Å². The molecule has 1 N–H and O–H groups in total. The Morgan fingerprint density at radius 1 is 1.00 bits per heavy atom. The number of anilines is 1. The number of hydrogen-bond acceptors (Lipinski definition) is 4. The molecule has 1 aliphatic heterocycles. The maximum atomic E-state index is 12.5. The van der Waals surface area contributed by atoms with E-state index in [1.54, 1.807) is 12.0 Å². The van der Waals surface area contributed by atoms with Crippen molar-refractivity contribution in [1.82, 2.24) is 10.2 Å². The molecule has 0 unspecified atom stereocenters. The van der Waals surface area contributed by atoms with E-state index in [0.29, 0.717) is 26.1 Å². The maximum Gasteiger partial charge on any atom is 0.312 e. The van der Waals surface area contributed by atoms with E-state index < -0.39 is 11.8 Å². The van der Waals surface area contributed by atoms with Crippen LogP contribution in [0.15, 0.2) is 42.5 Å². The number of amides is 2. The lowest BCUT2D eigenvalue weighted by molar-refractivity contribution is -0.146. The molecule has 0 saturated carbocycles. The average molecular weight is 396 g/mol. The van der Waals surface area contributed by atoms with Crippen molar-refractivity contribution in [3.05, 3.63) is 59.2 Å². The van der Waals surface area contributed by atoms with Crippen LogP contribution in [0.1, 0.15) is 16.7 Å². The fourth-order valence-electron chi connectivity index (χ4n) is 3.67. The lowest BCUT2D eigenvalue weighted by Gasteiger charge is -2.36. The Balaban J connectivity index is 1.48. The quantitative estimate of drug-likeness (QED) is 0.790. The zero-order valence-corrected chi connectivity index (χ0v) is 17.4. The fraction of sp³-hybridized carbons (Fsp3) is 0.391. The highest BCUT2D eigenvalue weighted by molar-refractivity contribution is 6.35. The molecule has 6 heteroatoms. The summed E-state index contributed by atoms with van der Waals surface area (Å²) in [6.45, 7) is 7.17. The third kappa shape index (κ3) is 4.88. The van der Waals surface area contributed by atoms with E-state index in [9.17, 15) is 9.59 Å². The van der Waals surface area contributed by atoms with Crippen molar-refractivity contribution in [1.29, 1.82) is 0 Å². The Hall–Kier alpha value is -3.02. The standard InChI is InChI=1S/C23H29N3O3/c1-17-7-6-9-20(18(17)2)25-13-15-26(16-14-25)23(28)22(27)24-12-11-19-8-4-5-10-21(19)29-3/h4-10H,11-16H2,1-3H3,(H,24,27). The molecule has 1 aliphatic rings. The first-order valence-electron chi connectivity index (χ1n) is 10.0. The zero-order valence-electron chi connectivity index (χ0n) is 17.4. The smallest absolute Gasteiger partial charge is 0.312 e. The molecule has 1 fully saturated rings. The molecule has 0 aromatic heterocycles. The first-order chi connectivity index (χ1) is 14.0. The summed E-state index contributed by atoms with van der Waals surface area (Å²) in [7, 11) is 1.62. The van der Waals surface area contributed by atoms with Gasteiger partial charge in [0.05, 0.1) is 7.11 Å². The number of carbonyl (C=O) groups is 2. The van der Waals surface area contributed by atoms with Gasteiger partial charge in [0.1, 0.15) is 5.75 Å². The summed E-state index contributed by atoms with van der Waals surface area (Å²) in [5.41, 5.74) is 4.74. The number of aryl methyl sites for hydroxylation is 1. The second-order valence-electron chi connectivity index (χ2n) is 7.32. The van der Waals surface area contributed by atoms with Gasteiger partial charge in [-0.3, -0.25) is 9.59 Å². The first-order valence-corrected chi connectivity index (χ1v) is 10.0. The van der Waals surface area contributed by atoms with Gasteiger partial charge < -0.3 is 19.9 Å². The van der Waals surface area contributed by atoms with Crippen molar-refractivity contribution in [2.45, 2.75) is 20.3 Å². The van der Waals surface area contributed by atoms with Gasteiger partial charge in [0.2, 0.25) is 0 Å². The van der Waals surface area contributed by atoms with E-state index in [1.807, 2.05) is 24.3 Å². The largest absolute Gasteiger partial charge is 0.496 e. The molecule has 154 valence electrons. The van der Waals surface area contributed by atoms with Crippen LogP contribution in [0.4, 0.5) is 5.69 Å². The molecule has 6 nitrogen and oxygen atoms in total. The van der Waals surface area contributed by atoms with Gasteiger partial charge in [0, 0.05) is 38.4 Å². The van der Waals surface area contributed by atoms with Crippen LogP contribution >= 0.6 is 0 Å². The van der Waals surface area contributed by atoms with Crippen LogP contribution in [0, 0.1) is 13.8 Å². The Kier molecular flexibility index (Phi) is 6.75. The number of nitrogens with zero attached hydrogens (tertiary/aromatic N) is 2. The number of rotatable bonds is 5. The highest BCUT2D eigenvalue weighted by Gasteiger charge is 2.26. The van der Waals surface area contributed by atoms with Gasteiger partial charge in [0.15, 0.2) is 0 Å². The topological polar surface area (TPSA) is 61.9 Å². The zero-order chi connectivity index (χ0) is 20.8. The summed E-state index contributed by atoms with van der Waals surface area (Å²) < 4.78 is 5.32. The molecule has 0 atom stereocenters. The van der Waals surface area contributed by atoms with Crippen LogP contribution in [0.25, 0.3) is 0 Å². The summed E-state index contributed by atoms with van der Waals surface area (Å²) in [5, 5.41) is 2.74. The Morgan fingerprint density at radius 3 is 2.45 bits per heavy atom. The van der Waals surface area contributed by atoms with E-state index >= 15 is 0 Å². The summed E-state index contributed by atoms with van der Waals surface area (Å²) in [6.07, 6.45) is 0.615. The summed E-state index contributed by atoms with van der Waals surface area (Å²) in [4.78, 5) is 28.7. The second kappa shape index (κ2) is 9.45. The summed E-state index contributed by atoms with van der Waals surface area (Å²) >= 11 is 0. The maximum absolute atomic E-state index is 12.5. The minimum absolute atomic E-state index is 0.396. The number of ether oxygens (including phenoxy) is 1. The molecule has 1 saturated heterocycles. The number of hydrogen-bond donors (Lipinski definition) is 1. The molecule has 0 radical (unpaired) electrons. The second-order valence-corrected chi connectivity index (χ2v) is 7.32. The highest BCUT2D eigenvalue weighted by atomic mass is 16.5. The van der Waals surface area contributed by atoms with Gasteiger partial charge in [-0.25, -0.2) is 0 Å². The van der Waals surface area contributed by atoms with Gasteiger partial charge in [-0.15, -0.1) is 0 Å². The SMILES string of the molecule is COc1ccccc1CCNC(=O)C(=O)N1CCN(c2cccc(C)c2C)CC1. The van der Waals surface area contributed by atoms with Crippen molar-refractivity contribution in [3.63, 3.8) is 0 Å². The van der Waals surface area contributed by atoms with Gasteiger partial charge in [-0.1, -0.05) is 30.3 Å². The van der Waals surface area contributed by atoms with Crippen LogP contribution < -0.4 is 15.0 Å². The van der Waals surface area contributed by atoms with Crippen molar-refractivity contribution in [3.8, 4) is 5.75 Å². The molecule has 2 amide bonds. The minimum Gasteiger partial charge on any atom is -0.496 e. The normalized spacial score (nSPS) is 13.9. The van der Waals surface area contributed by atoms with Crippen LogP contribution in [-0.2, 0) is 16.0 Å². The number of benzene rings is 2. The Morgan fingerprint density at radius 2 is 1.72 bits per heavy atom. The summed E-state index contributed by atoms with van der Waals surface area (Å²) in [6, 6.07) is 14.0. The van der Waals surface area contributed by atoms with Crippen molar-refractivity contribution < 1.29 is 14.3 Å². The number of para-hydroxylation sites is 1. The molecule has 29 heavy (non-hydrogen) atoms. The predicted octanol–water partition coefficient (Wildman–Crippen LogP) is 2.32. The van der Waals surface area contributed by atoms with Crippen LogP contribution in [0.2, 0.25) is 0 Å². The number of carbonyl (C=O) groups excluding carboxylic acids is 2. The summed E-state index contributed by atoms with van der Waals surface area (Å²) in [5.74, 6) is -0.207. The number of piperazine rings is 1.